The Morgan fingerprint density at radius 1 is 1.32 bits per heavy atom. The van der Waals surface area contributed by atoms with Crippen LogP contribution in [0.1, 0.15) is 39.7 Å². The standard InChI is InChI=1S/C18H27NO3/c1-13(2)22-17-7-5-6-16(11-17)8-9-18(21)19-12-14(3)10-15(4)20/h5-9,11,13-15,20H,10,12H2,1-4H3,(H,19,21). The van der Waals surface area contributed by atoms with E-state index in [1.54, 1.807) is 13.0 Å². The normalized spacial score (nSPS) is 14.1. The highest BCUT2D eigenvalue weighted by Gasteiger charge is 2.06. The Morgan fingerprint density at radius 3 is 2.68 bits per heavy atom. The third-order valence-corrected chi connectivity index (χ3v) is 3.03. The fourth-order valence-corrected chi connectivity index (χ4v) is 2.14. The van der Waals surface area contributed by atoms with Crippen molar-refractivity contribution in [2.75, 3.05) is 6.54 Å². The third-order valence-electron chi connectivity index (χ3n) is 3.03. The summed E-state index contributed by atoms with van der Waals surface area (Å²) in [6, 6.07) is 7.63. The smallest absolute Gasteiger partial charge is 0.244 e. The predicted molar refractivity (Wildman–Crippen MR) is 89.7 cm³/mol. The number of amides is 1. The van der Waals surface area contributed by atoms with Gasteiger partial charge in [0.15, 0.2) is 0 Å². The first-order valence-electron chi connectivity index (χ1n) is 7.77. The molecule has 22 heavy (non-hydrogen) atoms. The minimum Gasteiger partial charge on any atom is -0.491 e. The Bertz CT molecular complexity index is 495. The number of aliphatic hydroxyl groups is 1. The van der Waals surface area contributed by atoms with Crippen LogP contribution in [0.2, 0.25) is 0 Å². The van der Waals surface area contributed by atoms with Crippen LogP contribution in [0.3, 0.4) is 0 Å². The zero-order valence-corrected chi connectivity index (χ0v) is 13.9. The van der Waals surface area contributed by atoms with Gasteiger partial charge < -0.3 is 15.2 Å². The Morgan fingerprint density at radius 2 is 2.05 bits per heavy atom. The number of ether oxygens (including phenoxy) is 1. The zero-order valence-electron chi connectivity index (χ0n) is 13.9. The summed E-state index contributed by atoms with van der Waals surface area (Å²) in [5, 5.41) is 12.1. The minimum atomic E-state index is -0.342. The molecule has 1 amide bonds. The second-order valence-electron chi connectivity index (χ2n) is 6.01. The van der Waals surface area contributed by atoms with E-state index in [9.17, 15) is 9.90 Å². The minimum absolute atomic E-state index is 0.123. The lowest BCUT2D eigenvalue weighted by molar-refractivity contribution is -0.116. The van der Waals surface area contributed by atoms with E-state index >= 15 is 0 Å². The van der Waals surface area contributed by atoms with Gasteiger partial charge in [0, 0.05) is 12.6 Å². The first kappa shape index (κ1) is 18.2. The Labute approximate surface area is 133 Å². The van der Waals surface area contributed by atoms with Crippen molar-refractivity contribution in [3.05, 3.63) is 35.9 Å². The summed E-state index contributed by atoms with van der Waals surface area (Å²) < 4.78 is 5.62. The molecule has 1 aromatic rings. The molecule has 0 spiro atoms. The number of hydrogen-bond donors (Lipinski definition) is 2. The quantitative estimate of drug-likeness (QED) is 0.726. The molecule has 0 aliphatic heterocycles. The Balaban J connectivity index is 2.48. The van der Waals surface area contributed by atoms with Crippen molar-refractivity contribution in [1.29, 1.82) is 0 Å². The molecule has 0 aliphatic carbocycles. The summed E-state index contributed by atoms with van der Waals surface area (Å²) >= 11 is 0. The van der Waals surface area contributed by atoms with E-state index in [0.29, 0.717) is 13.0 Å². The van der Waals surface area contributed by atoms with Crippen LogP contribution in [0.25, 0.3) is 6.08 Å². The van der Waals surface area contributed by atoms with Crippen LogP contribution >= 0.6 is 0 Å². The molecule has 1 aromatic carbocycles. The second kappa shape index (κ2) is 9.26. The van der Waals surface area contributed by atoms with Crippen LogP contribution < -0.4 is 10.1 Å². The average molecular weight is 305 g/mol. The van der Waals surface area contributed by atoms with E-state index in [1.807, 2.05) is 45.0 Å². The lowest BCUT2D eigenvalue weighted by Gasteiger charge is -2.13. The molecular formula is C18H27NO3. The fraction of sp³-hybridized carbons (Fsp3) is 0.500. The molecule has 4 nitrogen and oxygen atoms in total. The molecule has 0 aromatic heterocycles. The summed E-state index contributed by atoms with van der Waals surface area (Å²) in [7, 11) is 0. The van der Waals surface area contributed by atoms with Crippen molar-refractivity contribution in [3.8, 4) is 5.75 Å². The number of carbonyl (C=O) groups excluding carboxylic acids is 1. The molecule has 0 saturated heterocycles. The monoisotopic (exact) mass is 305 g/mol. The number of hydrogen-bond acceptors (Lipinski definition) is 3. The molecule has 1 rings (SSSR count). The van der Waals surface area contributed by atoms with E-state index in [-0.39, 0.29) is 24.0 Å². The number of nitrogens with one attached hydrogen (secondary N) is 1. The van der Waals surface area contributed by atoms with Gasteiger partial charge in [-0.3, -0.25) is 4.79 Å². The maximum Gasteiger partial charge on any atom is 0.244 e. The summed E-state index contributed by atoms with van der Waals surface area (Å²) in [5.41, 5.74) is 0.922. The van der Waals surface area contributed by atoms with Crippen molar-refractivity contribution in [2.24, 2.45) is 5.92 Å². The summed E-state index contributed by atoms with van der Waals surface area (Å²) in [5.74, 6) is 0.913. The second-order valence-corrected chi connectivity index (χ2v) is 6.01. The SMILES string of the molecule is CC(O)CC(C)CNC(=O)C=Cc1cccc(OC(C)C)c1. The highest BCUT2D eigenvalue weighted by molar-refractivity contribution is 5.91. The van der Waals surface area contributed by atoms with Crippen molar-refractivity contribution in [1.82, 2.24) is 5.32 Å². The lowest BCUT2D eigenvalue weighted by Crippen LogP contribution is -2.27. The fourth-order valence-electron chi connectivity index (χ4n) is 2.14. The van der Waals surface area contributed by atoms with Crippen molar-refractivity contribution >= 4 is 12.0 Å². The molecule has 0 radical (unpaired) electrons. The molecule has 4 heteroatoms. The molecule has 0 saturated carbocycles. The predicted octanol–water partition coefficient (Wildman–Crippen LogP) is 3.01. The van der Waals surface area contributed by atoms with E-state index in [4.69, 9.17) is 4.74 Å². The van der Waals surface area contributed by atoms with Gasteiger partial charge in [0.1, 0.15) is 5.75 Å². The molecule has 0 bridgehead atoms. The van der Waals surface area contributed by atoms with Crippen molar-refractivity contribution < 1.29 is 14.6 Å². The van der Waals surface area contributed by atoms with Crippen LogP contribution in [0.5, 0.6) is 5.75 Å². The molecule has 2 atom stereocenters. The zero-order chi connectivity index (χ0) is 16.5. The number of aliphatic hydroxyl groups excluding tert-OH is 1. The molecular weight excluding hydrogens is 278 g/mol. The van der Waals surface area contributed by atoms with Gasteiger partial charge in [-0.25, -0.2) is 0 Å². The van der Waals surface area contributed by atoms with E-state index in [0.717, 1.165) is 11.3 Å². The number of carbonyl (C=O) groups is 1. The maximum absolute atomic E-state index is 11.8. The largest absolute Gasteiger partial charge is 0.491 e. The average Bonchev–Trinajstić information content (AvgIpc) is 2.42. The van der Waals surface area contributed by atoms with Gasteiger partial charge >= 0.3 is 0 Å². The first-order chi connectivity index (χ1) is 10.4. The maximum atomic E-state index is 11.8. The van der Waals surface area contributed by atoms with Gasteiger partial charge in [0.05, 0.1) is 12.2 Å². The molecule has 0 aliphatic rings. The van der Waals surface area contributed by atoms with Crippen LogP contribution in [0.15, 0.2) is 30.3 Å². The topological polar surface area (TPSA) is 58.6 Å². The van der Waals surface area contributed by atoms with Gasteiger partial charge in [-0.2, -0.15) is 0 Å². The molecule has 2 N–H and O–H groups in total. The molecule has 0 fully saturated rings. The summed E-state index contributed by atoms with van der Waals surface area (Å²) in [6.07, 6.45) is 3.74. The number of benzene rings is 1. The van der Waals surface area contributed by atoms with Crippen LogP contribution in [-0.2, 0) is 4.79 Å². The molecule has 2 unspecified atom stereocenters. The van der Waals surface area contributed by atoms with Gasteiger partial charge in [-0.15, -0.1) is 0 Å². The highest BCUT2D eigenvalue weighted by atomic mass is 16.5. The molecule has 0 heterocycles. The van der Waals surface area contributed by atoms with Crippen LogP contribution in [-0.4, -0.2) is 29.8 Å². The van der Waals surface area contributed by atoms with Crippen molar-refractivity contribution in [2.45, 2.75) is 46.3 Å². The van der Waals surface area contributed by atoms with E-state index < -0.39 is 0 Å². The summed E-state index contributed by atoms with van der Waals surface area (Å²) in [6.45, 7) is 8.27. The third kappa shape index (κ3) is 7.84. The Hall–Kier alpha value is -1.81. The molecule has 122 valence electrons. The van der Waals surface area contributed by atoms with E-state index in [2.05, 4.69) is 5.32 Å². The first-order valence-corrected chi connectivity index (χ1v) is 7.77. The van der Waals surface area contributed by atoms with Gasteiger partial charge in [-0.05, 0) is 56.9 Å². The van der Waals surface area contributed by atoms with E-state index in [1.165, 1.54) is 6.08 Å². The number of rotatable bonds is 8. The van der Waals surface area contributed by atoms with Crippen LogP contribution in [0.4, 0.5) is 0 Å². The van der Waals surface area contributed by atoms with Crippen LogP contribution in [0, 0.1) is 5.92 Å². The Kier molecular flexibility index (Phi) is 7.67. The van der Waals surface area contributed by atoms with Gasteiger partial charge in [-0.1, -0.05) is 19.1 Å². The highest BCUT2D eigenvalue weighted by Crippen LogP contribution is 2.15. The van der Waals surface area contributed by atoms with Crippen molar-refractivity contribution in [3.63, 3.8) is 0 Å². The lowest BCUT2D eigenvalue weighted by atomic mass is 10.0. The summed E-state index contributed by atoms with van der Waals surface area (Å²) in [4.78, 5) is 11.8. The van der Waals surface area contributed by atoms with Gasteiger partial charge in [0.25, 0.3) is 0 Å². The van der Waals surface area contributed by atoms with Gasteiger partial charge in [0.2, 0.25) is 5.91 Å².